The van der Waals surface area contributed by atoms with Crippen molar-refractivity contribution < 1.29 is 22.5 Å². The van der Waals surface area contributed by atoms with Crippen LogP contribution < -0.4 is 0 Å². The lowest BCUT2D eigenvalue weighted by Gasteiger charge is -2.40. The van der Waals surface area contributed by atoms with Crippen LogP contribution in [0.1, 0.15) is 48.1 Å². The summed E-state index contributed by atoms with van der Waals surface area (Å²) in [5.41, 5.74) is 0.680. The van der Waals surface area contributed by atoms with E-state index in [1.54, 1.807) is 28.0 Å². The molecule has 198 valence electrons. The molecule has 2 fully saturated rings. The molecule has 3 heterocycles. The molecule has 0 radical (unpaired) electrons. The van der Waals surface area contributed by atoms with Crippen molar-refractivity contribution in [3.63, 3.8) is 0 Å². The van der Waals surface area contributed by atoms with Crippen molar-refractivity contribution in [1.29, 1.82) is 5.26 Å². The van der Waals surface area contributed by atoms with Crippen molar-refractivity contribution >= 4 is 17.6 Å². The van der Waals surface area contributed by atoms with Crippen LogP contribution in [0.25, 0.3) is 11.4 Å². The van der Waals surface area contributed by atoms with Gasteiger partial charge in [-0.2, -0.15) is 23.4 Å². The van der Waals surface area contributed by atoms with Gasteiger partial charge in [-0.05, 0) is 49.1 Å². The second-order valence-corrected chi connectivity index (χ2v) is 10.2. The average Bonchev–Trinajstić information content (AvgIpc) is 3.43. The molecule has 0 bridgehead atoms. The van der Waals surface area contributed by atoms with Crippen LogP contribution in [0.3, 0.4) is 0 Å². The summed E-state index contributed by atoms with van der Waals surface area (Å²) in [7, 11) is 0. The Labute approximate surface area is 222 Å². The fourth-order valence-corrected chi connectivity index (χ4v) is 5.36. The molecule has 2 atom stereocenters. The van der Waals surface area contributed by atoms with E-state index in [2.05, 4.69) is 16.2 Å². The fourth-order valence-electron chi connectivity index (χ4n) is 5.17. The van der Waals surface area contributed by atoms with Crippen molar-refractivity contribution in [3.05, 3.63) is 70.6 Å². The molecule has 0 aliphatic carbocycles. The summed E-state index contributed by atoms with van der Waals surface area (Å²) in [6.45, 7) is 1.67. The number of rotatable bonds is 3. The van der Waals surface area contributed by atoms with Crippen LogP contribution in [0.5, 0.6) is 0 Å². The Morgan fingerprint density at radius 1 is 1.05 bits per heavy atom. The van der Waals surface area contributed by atoms with Crippen LogP contribution in [-0.2, 0) is 6.18 Å². The second-order valence-electron chi connectivity index (χ2n) is 9.79. The van der Waals surface area contributed by atoms with Gasteiger partial charge in [-0.25, -0.2) is 4.79 Å². The molecule has 38 heavy (non-hydrogen) atoms. The SMILES string of the molecule is N#CC1CCN(C(=O)N2CC(c3ccc(C(F)(F)F)cc3)CC(c3nc(-c4cccc(Cl)c4)no3)C2)CC1. The number of hydrogen-bond acceptors (Lipinski definition) is 5. The summed E-state index contributed by atoms with van der Waals surface area (Å²) < 4.78 is 45.0. The van der Waals surface area contributed by atoms with E-state index in [1.165, 1.54) is 12.1 Å². The highest BCUT2D eigenvalue weighted by Crippen LogP contribution is 2.38. The number of alkyl halides is 3. The highest BCUT2D eigenvalue weighted by molar-refractivity contribution is 6.30. The van der Waals surface area contributed by atoms with E-state index < -0.39 is 11.7 Å². The number of carbonyl (C=O) groups excluding carboxylic acids is 1. The number of nitriles is 1. The number of benzene rings is 2. The zero-order valence-electron chi connectivity index (χ0n) is 20.4. The molecular formula is C27H25ClF3N5O2. The van der Waals surface area contributed by atoms with Gasteiger partial charge in [-0.3, -0.25) is 0 Å². The van der Waals surface area contributed by atoms with Gasteiger partial charge in [0.15, 0.2) is 0 Å². The monoisotopic (exact) mass is 543 g/mol. The lowest BCUT2D eigenvalue weighted by atomic mass is 9.84. The summed E-state index contributed by atoms with van der Waals surface area (Å²) in [4.78, 5) is 21.5. The predicted octanol–water partition coefficient (Wildman–Crippen LogP) is 6.34. The van der Waals surface area contributed by atoms with Gasteiger partial charge in [0.25, 0.3) is 0 Å². The Morgan fingerprint density at radius 3 is 2.42 bits per heavy atom. The second kappa shape index (κ2) is 10.7. The Bertz CT molecular complexity index is 1330. The van der Waals surface area contributed by atoms with Crippen LogP contribution in [0.15, 0.2) is 53.1 Å². The Hall–Kier alpha value is -3.58. The van der Waals surface area contributed by atoms with Crippen molar-refractivity contribution in [2.24, 2.45) is 5.92 Å². The van der Waals surface area contributed by atoms with E-state index in [0.29, 0.717) is 73.3 Å². The predicted molar refractivity (Wildman–Crippen MR) is 133 cm³/mol. The first-order valence-corrected chi connectivity index (χ1v) is 12.8. The number of piperidine rings is 2. The first-order valence-electron chi connectivity index (χ1n) is 12.4. The number of urea groups is 1. The summed E-state index contributed by atoms with van der Waals surface area (Å²) in [5, 5.41) is 13.8. The van der Waals surface area contributed by atoms with E-state index >= 15 is 0 Å². The molecule has 2 aromatic carbocycles. The van der Waals surface area contributed by atoms with Gasteiger partial charge in [0.05, 0.1) is 17.6 Å². The summed E-state index contributed by atoms with van der Waals surface area (Å²) >= 11 is 6.10. The minimum Gasteiger partial charge on any atom is -0.339 e. The standard InChI is InChI=1S/C27H25ClF3N5O2/c28-23-3-1-2-19(13-23)24-33-25(38-34-24)21-12-20(18-4-6-22(7-5-18)27(29,30)31)15-36(16-21)26(37)35-10-8-17(14-32)9-11-35/h1-7,13,17,20-21H,8-12,15-16H2. The maximum atomic E-state index is 13.5. The molecule has 2 saturated heterocycles. The van der Waals surface area contributed by atoms with Crippen LogP contribution >= 0.6 is 11.6 Å². The molecule has 2 aliphatic heterocycles. The molecule has 7 nitrogen and oxygen atoms in total. The molecular weight excluding hydrogens is 519 g/mol. The molecule has 2 amide bonds. The Morgan fingerprint density at radius 2 is 1.76 bits per heavy atom. The van der Waals surface area contributed by atoms with Crippen molar-refractivity contribution in [2.75, 3.05) is 26.2 Å². The number of hydrogen-bond donors (Lipinski definition) is 0. The van der Waals surface area contributed by atoms with E-state index in [-0.39, 0.29) is 23.8 Å². The Kier molecular flexibility index (Phi) is 7.30. The van der Waals surface area contributed by atoms with Crippen molar-refractivity contribution in [3.8, 4) is 17.5 Å². The summed E-state index contributed by atoms with van der Waals surface area (Å²) in [5.74, 6) is 0.139. The molecule has 0 N–H and O–H groups in total. The topological polar surface area (TPSA) is 86.3 Å². The van der Waals surface area contributed by atoms with Gasteiger partial charge in [-0.1, -0.05) is 41.0 Å². The lowest BCUT2D eigenvalue weighted by molar-refractivity contribution is -0.137. The normalized spacial score (nSPS) is 20.8. The van der Waals surface area contributed by atoms with E-state index in [4.69, 9.17) is 16.1 Å². The zero-order valence-corrected chi connectivity index (χ0v) is 21.1. The minimum absolute atomic E-state index is 0.0589. The quantitative estimate of drug-likeness (QED) is 0.385. The minimum atomic E-state index is -4.42. The molecule has 0 saturated carbocycles. The third kappa shape index (κ3) is 5.63. The molecule has 1 aromatic heterocycles. The highest BCUT2D eigenvalue weighted by atomic mass is 35.5. The molecule has 2 aliphatic rings. The zero-order chi connectivity index (χ0) is 26.9. The lowest BCUT2D eigenvalue weighted by Crippen LogP contribution is -2.51. The van der Waals surface area contributed by atoms with Gasteiger partial charge >= 0.3 is 12.2 Å². The van der Waals surface area contributed by atoms with Crippen LogP contribution in [-0.4, -0.2) is 52.2 Å². The van der Waals surface area contributed by atoms with Crippen molar-refractivity contribution in [1.82, 2.24) is 19.9 Å². The maximum absolute atomic E-state index is 13.5. The molecule has 11 heteroatoms. The largest absolute Gasteiger partial charge is 0.416 e. The highest BCUT2D eigenvalue weighted by Gasteiger charge is 2.37. The molecule has 0 spiro atoms. The molecule has 3 aromatic rings. The third-order valence-corrected chi connectivity index (χ3v) is 7.49. The van der Waals surface area contributed by atoms with Gasteiger partial charge < -0.3 is 14.3 Å². The van der Waals surface area contributed by atoms with Gasteiger partial charge in [0.1, 0.15) is 0 Å². The summed E-state index contributed by atoms with van der Waals surface area (Å²) in [6.07, 6.45) is -2.66. The maximum Gasteiger partial charge on any atom is 0.416 e. The number of halogens is 4. The van der Waals surface area contributed by atoms with E-state index in [1.807, 2.05) is 6.07 Å². The number of carbonyl (C=O) groups is 1. The van der Waals surface area contributed by atoms with Crippen LogP contribution in [0, 0.1) is 17.2 Å². The van der Waals surface area contributed by atoms with E-state index in [0.717, 1.165) is 12.1 Å². The van der Waals surface area contributed by atoms with Gasteiger partial charge in [0, 0.05) is 48.6 Å². The number of nitrogens with zero attached hydrogens (tertiary/aromatic N) is 5. The number of amides is 2. The van der Waals surface area contributed by atoms with Gasteiger partial charge in [0.2, 0.25) is 11.7 Å². The first kappa shape index (κ1) is 26.0. The van der Waals surface area contributed by atoms with Crippen LogP contribution in [0.2, 0.25) is 5.02 Å². The first-order chi connectivity index (χ1) is 18.2. The van der Waals surface area contributed by atoms with E-state index in [9.17, 15) is 23.2 Å². The van der Waals surface area contributed by atoms with Gasteiger partial charge in [-0.15, -0.1) is 0 Å². The number of aromatic nitrogens is 2. The number of likely N-dealkylation sites (tertiary alicyclic amines) is 2. The smallest absolute Gasteiger partial charge is 0.339 e. The molecule has 2 unspecified atom stereocenters. The third-order valence-electron chi connectivity index (χ3n) is 7.25. The fraction of sp³-hybridized carbons (Fsp3) is 0.407. The van der Waals surface area contributed by atoms with Crippen molar-refractivity contribution in [2.45, 2.75) is 37.3 Å². The summed E-state index contributed by atoms with van der Waals surface area (Å²) in [6, 6.07) is 14.3. The Balaban J connectivity index is 1.40. The van der Waals surface area contributed by atoms with Crippen LogP contribution in [0.4, 0.5) is 18.0 Å². The average molecular weight is 544 g/mol. The molecule has 5 rings (SSSR count).